The van der Waals surface area contributed by atoms with E-state index in [1.165, 1.54) is 0 Å². The summed E-state index contributed by atoms with van der Waals surface area (Å²) in [7, 11) is 0. The van der Waals surface area contributed by atoms with E-state index in [2.05, 4.69) is 0 Å². The lowest BCUT2D eigenvalue weighted by Gasteiger charge is -2.30. The van der Waals surface area contributed by atoms with Crippen LogP contribution in [0.1, 0.15) is 37.7 Å². The Labute approximate surface area is 135 Å². The van der Waals surface area contributed by atoms with Gasteiger partial charge in [-0.05, 0) is 24.3 Å². The molecule has 5 nitrogen and oxygen atoms in total. The number of rotatable bonds is 4. The lowest BCUT2D eigenvalue weighted by Crippen LogP contribution is -2.40. The number of carbonyl (C=O) groups excluding carboxylic acids is 2. The van der Waals surface area contributed by atoms with Crippen molar-refractivity contribution in [1.29, 1.82) is 0 Å². The van der Waals surface area contributed by atoms with Gasteiger partial charge in [-0.3, -0.25) is 14.5 Å². The fourth-order valence-electron chi connectivity index (χ4n) is 3.76. The summed E-state index contributed by atoms with van der Waals surface area (Å²) in [6.45, 7) is 0.142. The maximum Gasteiger partial charge on any atom is 0.259 e. The highest BCUT2D eigenvalue weighted by Gasteiger charge is 2.51. The molecule has 0 spiro atoms. The summed E-state index contributed by atoms with van der Waals surface area (Å²) in [4.78, 5) is 25.9. The molecule has 1 aliphatic carbocycles. The number of nitrogens with zero attached hydrogens (tertiary/aromatic N) is 1. The summed E-state index contributed by atoms with van der Waals surface area (Å²) in [6.07, 6.45) is 2.53. The van der Waals surface area contributed by atoms with Gasteiger partial charge in [0, 0.05) is 0 Å². The van der Waals surface area contributed by atoms with Gasteiger partial charge in [0.2, 0.25) is 5.91 Å². The summed E-state index contributed by atoms with van der Waals surface area (Å²) in [6, 6.07) is 9.20. The van der Waals surface area contributed by atoms with E-state index in [0.717, 1.165) is 42.6 Å². The predicted molar refractivity (Wildman–Crippen MR) is 84.1 cm³/mol. The summed E-state index contributed by atoms with van der Waals surface area (Å²) in [5.74, 6) is -2.07. The van der Waals surface area contributed by atoms with Gasteiger partial charge in [-0.2, -0.15) is 0 Å². The topological polar surface area (TPSA) is 77.8 Å². The zero-order chi connectivity index (χ0) is 16.4. The van der Waals surface area contributed by atoms with Gasteiger partial charge >= 0.3 is 0 Å². The highest BCUT2D eigenvalue weighted by molar-refractivity contribution is 6.06. The van der Waals surface area contributed by atoms with Crippen LogP contribution in [0.3, 0.4) is 0 Å². The normalized spacial score (nSPS) is 27.5. The van der Waals surface area contributed by atoms with Crippen LogP contribution in [0.5, 0.6) is 0 Å². The van der Waals surface area contributed by atoms with Gasteiger partial charge in [0.15, 0.2) is 0 Å². The van der Waals surface area contributed by atoms with Crippen LogP contribution < -0.4 is 0 Å². The molecule has 2 amide bonds. The van der Waals surface area contributed by atoms with Gasteiger partial charge in [-0.25, -0.2) is 0 Å². The number of benzene rings is 1. The van der Waals surface area contributed by atoms with Gasteiger partial charge in [0.05, 0.1) is 18.6 Å². The van der Waals surface area contributed by atoms with Gasteiger partial charge in [-0.15, -0.1) is 0 Å². The predicted octanol–water partition coefficient (Wildman–Crippen LogP) is 1.47. The van der Waals surface area contributed by atoms with Crippen molar-refractivity contribution >= 4 is 11.8 Å². The van der Waals surface area contributed by atoms with Crippen LogP contribution in [-0.2, 0) is 16.1 Å². The molecular formula is C18H23NO4. The summed E-state index contributed by atoms with van der Waals surface area (Å²) >= 11 is 0. The zero-order valence-corrected chi connectivity index (χ0v) is 13.1. The smallest absolute Gasteiger partial charge is 0.259 e. The second-order valence-electron chi connectivity index (χ2n) is 6.61. The van der Waals surface area contributed by atoms with E-state index in [1.807, 2.05) is 30.3 Å². The molecule has 1 aliphatic heterocycles. The molecule has 2 fully saturated rings. The molecule has 23 heavy (non-hydrogen) atoms. The van der Waals surface area contributed by atoms with Crippen molar-refractivity contribution in [2.45, 2.75) is 50.9 Å². The van der Waals surface area contributed by atoms with Crippen LogP contribution in [0.4, 0.5) is 0 Å². The molecule has 1 saturated carbocycles. The van der Waals surface area contributed by atoms with E-state index < -0.39 is 29.9 Å². The Morgan fingerprint density at radius 3 is 2.35 bits per heavy atom. The van der Waals surface area contributed by atoms with E-state index >= 15 is 0 Å². The lowest BCUT2D eigenvalue weighted by molar-refractivity contribution is -0.142. The van der Waals surface area contributed by atoms with Crippen molar-refractivity contribution in [3.05, 3.63) is 35.9 Å². The van der Waals surface area contributed by atoms with Crippen molar-refractivity contribution < 1.29 is 19.8 Å². The van der Waals surface area contributed by atoms with Crippen molar-refractivity contribution in [1.82, 2.24) is 4.90 Å². The number of hydrogen-bond donors (Lipinski definition) is 2. The van der Waals surface area contributed by atoms with Crippen LogP contribution in [0.25, 0.3) is 0 Å². The Hall–Kier alpha value is -1.72. The second-order valence-corrected chi connectivity index (χ2v) is 6.61. The van der Waals surface area contributed by atoms with Crippen LogP contribution in [0, 0.1) is 11.8 Å². The molecule has 5 heteroatoms. The summed E-state index contributed by atoms with van der Waals surface area (Å²) < 4.78 is 0. The van der Waals surface area contributed by atoms with E-state index in [1.54, 1.807) is 0 Å². The first-order valence-corrected chi connectivity index (χ1v) is 8.35. The van der Waals surface area contributed by atoms with Crippen molar-refractivity contribution in [2.24, 2.45) is 11.8 Å². The molecular weight excluding hydrogens is 294 g/mol. The number of aliphatic hydroxyl groups is 2. The first-order chi connectivity index (χ1) is 11.1. The number of carbonyl (C=O) groups is 2. The monoisotopic (exact) mass is 317 g/mol. The van der Waals surface area contributed by atoms with Crippen molar-refractivity contribution in [3.8, 4) is 0 Å². The minimum Gasteiger partial charge on any atom is -0.392 e. The summed E-state index contributed by atoms with van der Waals surface area (Å²) in [5.41, 5.74) is 0.828. The summed E-state index contributed by atoms with van der Waals surface area (Å²) in [5, 5.41) is 20.8. The Morgan fingerprint density at radius 2 is 1.70 bits per heavy atom. The van der Waals surface area contributed by atoms with Gasteiger partial charge in [0.25, 0.3) is 5.91 Å². The number of aliphatic hydroxyl groups excluding tert-OH is 2. The Balaban J connectivity index is 1.75. The standard InChI is InChI=1S/C18H23NO4/c20-15(13-9-5-2-6-10-13)14-16(21)18(23)19(17(14)22)11-12-7-3-1-4-8-12/h1,3-4,7-8,13-16,20-21H,2,5-6,9-11H2/t14-,15-,16-/m0/s1. The third kappa shape index (κ3) is 3.16. The third-order valence-corrected chi connectivity index (χ3v) is 5.09. The molecule has 124 valence electrons. The molecule has 0 radical (unpaired) electrons. The third-order valence-electron chi connectivity index (χ3n) is 5.09. The number of amides is 2. The molecule has 2 N–H and O–H groups in total. The van der Waals surface area contributed by atoms with Crippen LogP contribution in [0.2, 0.25) is 0 Å². The van der Waals surface area contributed by atoms with Crippen LogP contribution >= 0.6 is 0 Å². The molecule has 1 saturated heterocycles. The Morgan fingerprint density at radius 1 is 1.04 bits per heavy atom. The average Bonchev–Trinajstić information content (AvgIpc) is 2.80. The Bertz CT molecular complexity index is 568. The van der Waals surface area contributed by atoms with Crippen molar-refractivity contribution in [2.75, 3.05) is 0 Å². The highest BCUT2D eigenvalue weighted by Crippen LogP contribution is 2.34. The first kappa shape index (κ1) is 16.1. The maximum absolute atomic E-state index is 12.6. The fraction of sp³-hybridized carbons (Fsp3) is 0.556. The molecule has 0 aromatic heterocycles. The van der Waals surface area contributed by atoms with Crippen molar-refractivity contribution in [3.63, 3.8) is 0 Å². The molecule has 0 bridgehead atoms. The first-order valence-electron chi connectivity index (χ1n) is 8.35. The maximum atomic E-state index is 12.6. The number of imide groups is 1. The van der Waals surface area contributed by atoms with E-state index in [-0.39, 0.29) is 12.5 Å². The molecule has 1 heterocycles. The zero-order valence-electron chi connectivity index (χ0n) is 13.1. The SMILES string of the molecule is O=C1[C@@H]([C@@H](O)C2CCCCC2)[C@H](O)C(=O)N1Cc1ccccc1. The second kappa shape index (κ2) is 6.81. The minimum atomic E-state index is -1.43. The minimum absolute atomic E-state index is 0.00294. The molecule has 0 unspecified atom stereocenters. The lowest BCUT2D eigenvalue weighted by atomic mass is 9.79. The molecule has 2 aliphatic rings. The molecule has 1 aromatic rings. The van der Waals surface area contributed by atoms with Gasteiger partial charge in [-0.1, -0.05) is 49.6 Å². The highest BCUT2D eigenvalue weighted by atomic mass is 16.3. The van der Waals surface area contributed by atoms with E-state index in [0.29, 0.717) is 0 Å². The molecule has 3 atom stereocenters. The van der Waals surface area contributed by atoms with Crippen LogP contribution in [-0.4, -0.2) is 39.1 Å². The van der Waals surface area contributed by atoms with Gasteiger partial charge < -0.3 is 10.2 Å². The Kier molecular flexibility index (Phi) is 4.78. The number of likely N-dealkylation sites (tertiary alicyclic amines) is 1. The van der Waals surface area contributed by atoms with E-state index in [9.17, 15) is 19.8 Å². The van der Waals surface area contributed by atoms with E-state index in [4.69, 9.17) is 0 Å². The number of hydrogen-bond acceptors (Lipinski definition) is 4. The largest absolute Gasteiger partial charge is 0.392 e. The molecule has 3 rings (SSSR count). The molecule has 1 aromatic carbocycles. The quantitative estimate of drug-likeness (QED) is 0.825. The van der Waals surface area contributed by atoms with Crippen LogP contribution in [0.15, 0.2) is 30.3 Å². The fourth-order valence-corrected chi connectivity index (χ4v) is 3.76. The van der Waals surface area contributed by atoms with Gasteiger partial charge in [0.1, 0.15) is 6.10 Å². The average molecular weight is 317 g/mol.